The lowest BCUT2D eigenvalue weighted by Gasteiger charge is -2.10. The van der Waals surface area contributed by atoms with Crippen LogP contribution in [-0.2, 0) is 12.5 Å². The molecule has 82 valence electrons. The Morgan fingerprint density at radius 3 is 2.87 bits per heavy atom. The van der Waals surface area contributed by atoms with E-state index in [1.54, 1.807) is 0 Å². The number of halogens is 2. The molecular weight excluding hydrogens is 204 g/mol. The average molecular weight is 215 g/mol. The molecule has 15 heavy (non-hydrogen) atoms. The van der Waals surface area contributed by atoms with Gasteiger partial charge >= 0.3 is 6.03 Å². The number of carbonyl (C=O) groups is 1. The maximum Gasteiger partial charge on any atom is 0.312 e. The first-order chi connectivity index (χ1) is 6.89. The Morgan fingerprint density at radius 2 is 2.33 bits per heavy atom. The fraction of sp³-hybridized carbons (Fsp3) is 0.333. The van der Waals surface area contributed by atoms with E-state index in [2.05, 4.69) is 10.3 Å². The van der Waals surface area contributed by atoms with Gasteiger partial charge < -0.3 is 11.1 Å². The van der Waals surface area contributed by atoms with Crippen LogP contribution in [0.25, 0.3) is 0 Å². The molecule has 0 aromatic carbocycles. The van der Waals surface area contributed by atoms with E-state index in [9.17, 15) is 13.6 Å². The molecule has 1 aromatic heterocycles. The highest BCUT2D eigenvalue weighted by Gasteiger charge is 2.25. The Hall–Kier alpha value is -1.72. The zero-order valence-electron chi connectivity index (χ0n) is 8.13. The second-order valence-corrected chi connectivity index (χ2v) is 3.16. The molecule has 1 rings (SSSR count). The molecule has 1 heterocycles. The summed E-state index contributed by atoms with van der Waals surface area (Å²) in [4.78, 5) is 13.9. The van der Waals surface area contributed by atoms with Crippen molar-refractivity contribution in [3.63, 3.8) is 0 Å². The van der Waals surface area contributed by atoms with Crippen LogP contribution in [0.4, 0.5) is 13.6 Å². The summed E-state index contributed by atoms with van der Waals surface area (Å²) in [7, 11) is 0. The zero-order chi connectivity index (χ0) is 11.5. The van der Waals surface area contributed by atoms with Gasteiger partial charge in [0.15, 0.2) is 0 Å². The summed E-state index contributed by atoms with van der Waals surface area (Å²) >= 11 is 0. The Bertz CT molecular complexity index is 363. The van der Waals surface area contributed by atoms with Crippen molar-refractivity contribution in [2.75, 3.05) is 0 Å². The Labute approximate surface area is 85.5 Å². The van der Waals surface area contributed by atoms with E-state index in [1.165, 1.54) is 18.3 Å². The Balaban J connectivity index is 2.79. The molecule has 0 spiro atoms. The van der Waals surface area contributed by atoms with Crippen molar-refractivity contribution >= 4 is 6.03 Å². The summed E-state index contributed by atoms with van der Waals surface area (Å²) in [5.41, 5.74) is 5.05. The van der Waals surface area contributed by atoms with Gasteiger partial charge in [0.1, 0.15) is 5.69 Å². The molecule has 6 heteroatoms. The molecule has 3 N–H and O–H groups in total. The Kier molecular flexibility index (Phi) is 3.18. The van der Waals surface area contributed by atoms with Crippen LogP contribution in [-0.4, -0.2) is 11.0 Å². The van der Waals surface area contributed by atoms with Gasteiger partial charge in [0.25, 0.3) is 5.92 Å². The highest BCUT2D eigenvalue weighted by Crippen LogP contribution is 2.25. The summed E-state index contributed by atoms with van der Waals surface area (Å²) in [6, 6.07) is 2.07. The molecule has 0 saturated carbocycles. The number of aromatic nitrogens is 1. The van der Waals surface area contributed by atoms with E-state index >= 15 is 0 Å². The van der Waals surface area contributed by atoms with Gasteiger partial charge in [-0.05, 0) is 17.7 Å². The number of amides is 2. The van der Waals surface area contributed by atoms with E-state index < -0.39 is 12.0 Å². The van der Waals surface area contributed by atoms with Gasteiger partial charge in [-0.3, -0.25) is 4.98 Å². The van der Waals surface area contributed by atoms with E-state index in [0.717, 1.165) is 6.92 Å². The molecule has 0 aliphatic heterocycles. The van der Waals surface area contributed by atoms with Crippen LogP contribution in [0.5, 0.6) is 0 Å². The van der Waals surface area contributed by atoms with Gasteiger partial charge in [-0.15, -0.1) is 0 Å². The van der Waals surface area contributed by atoms with Crippen LogP contribution in [0.1, 0.15) is 18.2 Å². The SMILES string of the molecule is CC(F)(F)c1cc(CNC(N)=O)ccn1. The van der Waals surface area contributed by atoms with Crippen LogP contribution in [0, 0.1) is 0 Å². The molecule has 0 fully saturated rings. The summed E-state index contributed by atoms with van der Waals surface area (Å²) in [6.45, 7) is 0.877. The monoisotopic (exact) mass is 215 g/mol. The van der Waals surface area contributed by atoms with Crippen LogP contribution in [0.3, 0.4) is 0 Å². The van der Waals surface area contributed by atoms with Crippen LogP contribution >= 0.6 is 0 Å². The number of nitrogens with zero attached hydrogens (tertiary/aromatic N) is 1. The van der Waals surface area contributed by atoms with Gasteiger partial charge in [0.05, 0.1) is 0 Å². The smallest absolute Gasteiger partial charge is 0.312 e. The van der Waals surface area contributed by atoms with Crippen molar-refractivity contribution in [2.45, 2.75) is 19.4 Å². The third kappa shape index (κ3) is 3.49. The molecule has 1 aromatic rings. The van der Waals surface area contributed by atoms with Gasteiger partial charge in [-0.2, -0.15) is 8.78 Å². The molecule has 0 radical (unpaired) electrons. The third-order valence-electron chi connectivity index (χ3n) is 1.74. The minimum Gasteiger partial charge on any atom is -0.352 e. The number of rotatable bonds is 3. The second-order valence-electron chi connectivity index (χ2n) is 3.16. The van der Waals surface area contributed by atoms with E-state index in [1.807, 2.05) is 0 Å². The zero-order valence-corrected chi connectivity index (χ0v) is 8.13. The normalized spacial score (nSPS) is 11.1. The first-order valence-corrected chi connectivity index (χ1v) is 4.26. The second kappa shape index (κ2) is 4.20. The summed E-state index contributed by atoms with van der Waals surface area (Å²) in [5, 5.41) is 2.31. The maximum absolute atomic E-state index is 12.9. The molecule has 0 unspecified atom stereocenters. The van der Waals surface area contributed by atoms with E-state index in [4.69, 9.17) is 5.73 Å². The van der Waals surface area contributed by atoms with Crippen molar-refractivity contribution in [1.82, 2.24) is 10.3 Å². The first-order valence-electron chi connectivity index (χ1n) is 4.26. The predicted octanol–water partition coefficient (Wildman–Crippen LogP) is 1.36. The number of alkyl halides is 2. The first kappa shape index (κ1) is 11.4. The largest absolute Gasteiger partial charge is 0.352 e. The highest BCUT2D eigenvalue weighted by atomic mass is 19.3. The molecule has 2 amide bonds. The number of pyridine rings is 1. The van der Waals surface area contributed by atoms with Crippen molar-refractivity contribution in [2.24, 2.45) is 5.73 Å². The lowest BCUT2D eigenvalue weighted by atomic mass is 10.1. The number of nitrogens with two attached hydrogens (primary N) is 1. The molecule has 0 atom stereocenters. The van der Waals surface area contributed by atoms with E-state index in [0.29, 0.717) is 5.56 Å². The van der Waals surface area contributed by atoms with Crippen LogP contribution in [0.2, 0.25) is 0 Å². The maximum atomic E-state index is 12.9. The van der Waals surface area contributed by atoms with Crippen molar-refractivity contribution in [3.8, 4) is 0 Å². The number of carbonyl (C=O) groups excluding carboxylic acids is 1. The fourth-order valence-corrected chi connectivity index (χ4v) is 1.01. The summed E-state index contributed by atoms with van der Waals surface area (Å²) in [6.07, 6.45) is 1.27. The summed E-state index contributed by atoms with van der Waals surface area (Å²) < 4.78 is 25.7. The van der Waals surface area contributed by atoms with Crippen molar-refractivity contribution in [1.29, 1.82) is 0 Å². The van der Waals surface area contributed by atoms with Crippen LogP contribution < -0.4 is 11.1 Å². The molecule has 0 aliphatic carbocycles. The van der Waals surface area contributed by atoms with Crippen LogP contribution in [0.15, 0.2) is 18.3 Å². The highest BCUT2D eigenvalue weighted by molar-refractivity contribution is 5.71. The molecule has 4 nitrogen and oxygen atoms in total. The minimum absolute atomic E-state index is 0.112. The van der Waals surface area contributed by atoms with Crippen molar-refractivity contribution in [3.05, 3.63) is 29.6 Å². The number of hydrogen-bond acceptors (Lipinski definition) is 2. The lowest BCUT2D eigenvalue weighted by molar-refractivity contribution is 0.0127. The molecular formula is C9H11F2N3O. The topological polar surface area (TPSA) is 68.0 Å². The molecule has 0 aliphatic rings. The van der Waals surface area contributed by atoms with Gasteiger partial charge in [0.2, 0.25) is 0 Å². The fourth-order valence-electron chi connectivity index (χ4n) is 1.01. The number of nitrogens with one attached hydrogen (secondary N) is 1. The lowest BCUT2D eigenvalue weighted by Crippen LogP contribution is -2.28. The predicted molar refractivity (Wildman–Crippen MR) is 50.2 cm³/mol. The number of primary amides is 1. The summed E-state index contributed by atoms with van der Waals surface area (Å²) in [5.74, 6) is -2.98. The standard InChI is InChI=1S/C9H11F2N3O/c1-9(10,11)7-4-6(2-3-13-7)5-14-8(12)15/h2-4H,5H2,1H3,(H3,12,14,15). The van der Waals surface area contributed by atoms with E-state index in [-0.39, 0.29) is 12.2 Å². The number of hydrogen-bond donors (Lipinski definition) is 2. The van der Waals surface area contributed by atoms with Gasteiger partial charge in [0, 0.05) is 19.7 Å². The number of urea groups is 1. The molecule has 0 saturated heterocycles. The average Bonchev–Trinajstić information content (AvgIpc) is 2.14. The van der Waals surface area contributed by atoms with Gasteiger partial charge in [-0.1, -0.05) is 0 Å². The minimum atomic E-state index is -2.98. The molecule has 0 bridgehead atoms. The Morgan fingerprint density at radius 1 is 1.67 bits per heavy atom. The quantitative estimate of drug-likeness (QED) is 0.799. The van der Waals surface area contributed by atoms with Gasteiger partial charge in [-0.25, -0.2) is 4.79 Å². The third-order valence-corrected chi connectivity index (χ3v) is 1.74. The van der Waals surface area contributed by atoms with Crippen molar-refractivity contribution < 1.29 is 13.6 Å².